The third kappa shape index (κ3) is 2.82. The second-order valence-corrected chi connectivity index (χ2v) is 8.80. The maximum absolute atomic E-state index is 5.85. The molecule has 0 aliphatic heterocycles. The zero-order chi connectivity index (χ0) is 20.8. The van der Waals surface area contributed by atoms with Gasteiger partial charge in [-0.15, -0.1) is 0 Å². The molecule has 4 aromatic carbocycles. The summed E-state index contributed by atoms with van der Waals surface area (Å²) in [5, 5.41) is 8.89. The van der Waals surface area contributed by atoms with Crippen LogP contribution in [0.4, 0.5) is 0 Å². The summed E-state index contributed by atoms with van der Waals surface area (Å²) in [7, 11) is 3.44. The first kappa shape index (κ1) is 19.4. The van der Waals surface area contributed by atoms with Crippen molar-refractivity contribution in [3.8, 4) is 11.5 Å². The lowest BCUT2D eigenvalue weighted by Crippen LogP contribution is -1.96. The summed E-state index contributed by atoms with van der Waals surface area (Å²) in [5.41, 5.74) is 0. The number of hydrogen-bond acceptors (Lipinski definition) is 2. The highest BCUT2D eigenvalue weighted by atomic mass is 79.9. The van der Waals surface area contributed by atoms with Crippen molar-refractivity contribution in [1.82, 2.24) is 0 Å². The van der Waals surface area contributed by atoms with Gasteiger partial charge in [0, 0.05) is 29.8 Å². The number of hydrogen-bond donors (Lipinski definition) is 0. The summed E-state index contributed by atoms with van der Waals surface area (Å²) in [5.74, 6) is 1.64. The van der Waals surface area contributed by atoms with Crippen LogP contribution in [0.3, 0.4) is 0 Å². The van der Waals surface area contributed by atoms with Gasteiger partial charge in [-0.25, -0.2) is 0 Å². The predicted molar refractivity (Wildman–Crippen MR) is 125 cm³/mol. The minimum absolute atomic E-state index is 0.822. The van der Waals surface area contributed by atoms with Crippen molar-refractivity contribution >= 4 is 31.9 Å². The lowest BCUT2D eigenvalue weighted by atomic mass is 10.0. The minimum atomic E-state index is 0.822. The van der Waals surface area contributed by atoms with E-state index in [1.165, 1.54) is 0 Å². The van der Waals surface area contributed by atoms with Crippen LogP contribution >= 0.6 is 31.9 Å². The van der Waals surface area contributed by atoms with Gasteiger partial charge in [-0.2, -0.15) is 0 Å². The highest BCUT2D eigenvalue weighted by molar-refractivity contribution is 9.10. The molecule has 0 amide bonds. The zero-order valence-corrected chi connectivity index (χ0v) is 19.7. The van der Waals surface area contributed by atoms with E-state index >= 15 is 0 Å². The van der Waals surface area contributed by atoms with Crippen molar-refractivity contribution in [2.24, 2.45) is 0 Å². The molecular weight excluding hydrogens is 504 g/mol. The molecule has 4 heteroatoms. The smallest absolute Gasteiger partial charge is 0.127 e. The SMILES string of the molecule is COc1cccc2/c1=c1/c(OC)ccc/c1=c1\cccc(Br)\c1=c1/c(Br)ccc/c1=2. The van der Waals surface area contributed by atoms with Crippen LogP contribution < -0.4 is 9.47 Å². The van der Waals surface area contributed by atoms with E-state index < -0.39 is 0 Å². The molecule has 1 aliphatic rings. The van der Waals surface area contributed by atoms with Crippen LogP contribution in [-0.4, -0.2) is 14.2 Å². The lowest BCUT2D eigenvalue weighted by molar-refractivity contribution is 0.404. The molecule has 4 aromatic rings. The monoisotopic (exact) mass is 520 g/mol. The van der Waals surface area contributed by atoms with Crippen molar-refractivity contribution in [2.75, 3.05) is 14.2 Å². The van der Waals surface area contributed by atoms with Gasteiger partial charge < -0.3 is 9.47 Å². The van der Waals surface area contributed by atoms with Crippen LogP contribution in [0.2, 0.25) is 0 Å². The molecule has 0 atom stereocenters. The summed E-state index contributed by atoms with van der Waals surface area (Å²) >= 11 is 7.65. The van der Waals surface area contributed by atoms with Crippen LogP contribution in [0, 0.1) is 41.7 Å². The summed E-state index contributed by atoms with van der Waals surface area (Å²) < 4.78 is 13.8. The highest BCUT2D eigenvalue weighted by Crippen LogP contribution is 2.27. The number of rotatable bonds is 2. The van der Waals surface area contributed by atoms with Crippen LogP contribution in [-0.2, 0) is 0 Å². The Balaban J connectivity index is 2.50. The Hall–Kier alpha value is -2.56. The maximum atomic E-state index is 5.85. The first-order valence-corrected chi connectivity index (χ1v) is 11.2. The first-order chi connectivity index (χ1) is 14.7. The first-order valence-electron chi connectivity index (χ1n) is 9.58. The van der Waals surface area contributed by atoms with E-state index in [1.54, 1.807) is 14.2 Å². The fourth-order valence-electron chi connectivity index (χ4n) is 4.37. The Kier molecular flexibility index (Phi) is 4.92. The lowest BCUT2D eigenvalue weighted by Gasteiger charge is -2.10. The average molecular weight is 522 g/mol. The van der Waals surface area contributed by atoms with Gasteiger partial charge in [-0.3, -0.25) is 0 Å². The topological polar surface area (TPSA) is 18.5 Å². The average Bonchev–Trinajstić information content (AvgIpc) is 2.77. The number of benzene rings is 4. The molecule has 0 fully saturated rings. The summed E-state index contributed by atoms with van der Waals surface area (Å²) in [6, 6.07) is 25.1. The molecule has 0 unspecified atom stereocenters. The molecule has 0 N–H and O–H groups in total. The molecule has 0 saturated heterocycles. The quantitative estimate of drug-likeness (QED) is 0.257. The Bertz CT molecular complexity index is 1570. The highest BCUT2D eigenvalue weighted by Gasteiger charge is 2.10. The van der Waals surface area contributed by atoms with Crippen LogP contribution in [0.15, 0.2) is 81.7 Å². The number of fused-ring (bicyclic) bond motifs is 4. The molecular formula is C26H18Br2O2. The largest absolute Gasteiger partial charge is 0.496 e. The van der Waals surface area contributed by atoms with Crippen molar-refractivity contribution in [3.63, 3.8) is 0 Å². The van der Waals surface area contributed by atoms with Crippen molar-refractivity contribution in [3.05, 3.63) is 123 Å². The van der Waals surface area contributed by atoms with E-state index in [0.717, 1.165) is 62.2 Å². The Labute approximate surface area is 190 Å². The van der Waals surface area contributed by atoms with Gasteiger partial charge in [0.25, 0.3) is 0 Å². The molecule has 0 radical (unpaired) electrons. The minimum Gasteiger partial charge on any atom is -0.496 e. The van der Waals surface area contributed by atoms with E-state index in [-0.39, 0.29) is 0 Å². The molecule has 2 nitrogen and oxygen atoms in total. The van der Waals surface area contributed by atoms with E-state index in [2.05, 4.69) is 80.4 Å². The molecule has 30 heavy (non-hydrogen) atoms. The molecule has 0 saturated carbocycles. The fraction of sp³-hybridized carbons (Fsp3) is 0.0769. The van der Waals surface area contributed by atoms with Gasteiger partial charge in [0.2, 0.25) is 0 Å². The van der Waals surface area contributed by atoms with Gasteiger partial charge in [0.1, 0.15) is 11.5 Å². The summed E-state index contributed by atoms with van der Waals surface area (Å²) in [6.45, 7) is 0. The van der Waals surface area contributed by atoms with Crippen molar-refractivity contribution in [1.29, 1.82) is 0 Å². The van der Waals surface area contributed by atoms with Gasteiger partial charge >= 0.3 is 0 Å². The fourth-order valence-corrected chi connectivity index (χ4v) is 5.50. The standard InChI is InChI=1S/C26H18Br2O2/c1-29-21-13-5-9-17-15-7-3-11-19(27)23(15)24-16(8-4-12-20(24)28)18-10-6-14-22(30-2)26(18)25(17)21/h3-14H,1-2H3/b17-15-,18-16-,24-23-,26-25-. The third-order valence-corrected chi connectivity index (χ3v) is 6.92. The van der Waals surface area contributed by atoms with Gasteiger partial charge in [-0.05, 0) is 45.1 Å². The van der Waals surface area contributed by atoms with Crippen LogP contribution in [0.5, 0.6) is 11.5 Å². The number of halogens is 2. The van der Waals surface area contributed by atoms with Crippen LogP contribution in [0.1, 0.15) is 0 Å². The van der Waals surface area contributed by atoms with Gasteiger partial charge in [-0.1, -0.05) is 80.4 Å². The van der Waals surface area contributed by atoms with Gasteiger partial charge in [0.05, 0.1) is 14.2 Å². The summed E-state index contributed by atoms with van der Waals surface area (Å²) in [6.07, 6.45) is 0. The molecule has 0 spiro atoms. The number of ether oxygens (including phenoxy) is 2. The molecule has 0 bridgehead atoms. The van der Waals surface area contributed by atoms with E-state index in [4.69, 9.17) is 9.47 Å². The third-order valence-electron chi connectivity index (χ3n) is 5.60. The normalized spacial score (nSPS) is 16.1. The molecule has 1 aliphatic carbocycles. The molecule has 5 rings (SSSR count). The predicted octanol–water partition coefficient (Wildman–Crippen LogP) is 6.69. The molecule has 148 valence electrons. The van der Waals surface area contributed by atoms with Crippen LogP contribution in [0.25, 0.3) is 0 Å². The van der Waals surface area contributed by atoms with E-state index in [0.29, 0.717) is 0 Å². The van der Waals surface area contributed by atoms with Gasteiger partial charge in [0.15, 0.2) is 0 Å². The second-order valence-electron chi connectivity index (χ2n) is 7.09. The Morgan fingerprint density at radius 2 is 0.800 bits per heavy atom. The van der Waals surface area contributed by atoms with E-state index in [9.17, 15) is 0 Å². The van der Waals surface area contributed by atoms with Crippen molar-refractivity contribution in [2.45, 2.75) is 0 Å². The number of methoxy groups -OCH3 is 2. The van der Waals surface area contributed by atoms with E-state index in [1.807, 2.05) is 24.3 Å². The summed E-state index contributed by atoms with van der Waals surface area (Å²) in [4.78, 5) is 0. The van der Waals surface area contributed by atoms with Crippen molar-refractivity contribution < 1.29 is 9.47 Å². The Morgan fingerprint density at radius 3 is 1.17 bits per heavy atom. The molecule has 0 heterocycles. The second kappa shape index (κ2) is 7.60. The zero-order valence-electron chi connectivity index (χ0n) is 16.5. The Morgan fingerprint density at radius 1 is 0.467 bits per heavy atom. The maximum Gasteiger partial charge on any atom is 0.127 e. The molecule has 0 aromatic heterocycles.